The number of likely N-dealkylation sites (N-methyl/N-ethyl adjacent to an activating group) is 2. The molecule has 0 unspecified atom stereocenters. The maximum absolute atomic E-state index is 11.7. The average molecular weight is 269 g/mol. The molecule has 0 aromatic carbocycles. The zero-order valence-corrected chi connectivity index (χ0v) is 11.0. The lowest BCUT2D eigenvalue weighted by molar-refractivity contribution is -0.121. The smallest absolute Gasteiger partial charge is 0.235 e. The highest BCUT2D eigenvalue weighted by Gasteiger charge is 2.21. The molecule has 5 nitrogen and oxygen atoms in total. The van der Waals surface area contributed by atoms with Gasteiger partial charge in [0.05, 0.1) is 12.3 Å². The highest BCUT2D eigenvalue weighted by atomic mass is 35.5. The molecule has 0 aromatic rings. The molecule has 0 saturated carbocycles. The van der Waals surface area contributed by atoms with Crippen molar-refractivity contribution >= 4 is 27.5 Å². The first kappa shape index (κ1) is 15.4. The van der Waals surface area contributed by atoms with Gasteiger partial charge in [0.1, 0.15) is 0 Å². The van der Waals surface area contributed by atoms with E-state index in [1.54, 1.807) is 13.8 Å². The second-order valence-corrected chi connectivity index (χ2v) is 5.29. The van der Waals surface area contributed by atoms with Crippen LogP contribution in [0.5, 0.6) is 0 Å². The van der Waals surface area contributed by atoms with Crippen molar-refractivity contribution < 1.29 is 13.2 Å². The number of hydrogen-bond donors (Lipinski definition) is 1. The summed E-state index contributed by atoms with van der Waals surface area (Å²) in [7, 11) is -3.45. The minimum absolute atomic E-state index is 0.150. The van der Waals surface area contributed by atoms with E-state index in [2.05, 4.69) is 5.32 Å². The van der Waals surface area contributed by atoms with Crippen LogP contribution in [0, 0.1) is 0 Å². The summed E-state index contributed by atoms with van der Waals surface area (Å²) in [4.78, 5) is 11.3. The van der Waals surface area contributed by atoms with Crippen LogP contribution in [0.4, 0.5) is 0 Å². The van der Waals surface area contributed by atoms with Gasteiger partial charge >= 0.3 is 0 Å². The van der Waals surface area contributed by atoms with Crippen molar-refractivity contribution in [2.45, 2.75) is 13.8 Å². The Morgan fingerprint density at radius 2 is 2.06 bits per heavy atom. The van der Waals surface area contributed by atoms with Crippen molar-refractivity contribution in [2.75, 3.05) is 25.4 Å². The van der Waals surface area contributed by atoms with Crippen LogP contribution < -0.4 is 5.32 Å². The topological polar surface area (TPSA) is 66.5 Å². The summed E-state index contributed by atoms with van der Waals surface area (Å²) in [5.74, 6) is -0.494. The molecule has 1 amide bonds. The summed E-state index contributed by atoms with van der Waals surface area (Å²) < 4.78 is 24.5. The fraction of sp³-hybridized carbons (Fsp3) is 0.667. The predicted molar refractivity (Wildman–Crippen MR) is 64.7 cm³/mol. The van der Waals surface area contributed by atoms with Crippen molar-refractivity contribution in [2.24, 2.45) is 0 Å². The average Bonchev–Trinajstić information content (AvgIpc) is 2.23. The largest absolute Gasteiger partial charge is 0.355 e. The van der Waals surface area contributed by atoms with Crippen molar-refractivity contribution in [3.8, 4) is 0 Å². The molecule has 94 valence electrons. The molecule has 0 rings (SSSR count). The number of nitrogens with one attached hydrogen (secondary N) is 1. The van der Waals surface area contributed by atoms with Gasteiger partial charge in [0.15, 0.2) is 0 Å². The van der Waals surface area contributed by atoms with E-state index in [1.807, 2.05) is 0 Å². The molecule has 0 radical (unpaired) electrons. The minimum Gasteiger partial charge on any atom is -0.355 e. The standard InChI is InChI=1S/C9H17ClN2O3S/c1-3-11-9(13)8-12(4-2)16(14,15)7-5-6-10/h5-6H,3-4,7-8H2,1-2H3,(H,11,13)/b6-5+. The van der Waals surface area contributed by atoms with Gasteiger partial charge in [-0.25, -0.2) is 8.42 Å². The Morgan fingerprint density at radius 3 is 2.50 bits per heavy atom. The Labute approximate surface area is 102 Å². The fourth-order valence-electron chi connectivity index (χ4n) is 1.08. The van der Waals surface area contributed by atoms with Crippen LogP contribution >= 0.6 is 11.6 Å². The summed E-state index contributed by atoms with van der Waals surface area (Å²) in [5.41, 5.74) is 1.15. The molecule has 0 atom stereocenters. The van der Waals surface area contributed by atoms with Gasteiger partial charge in [0.2, 0.25) is 15.9 Å². The zero-order chi connectivity index (χ0) is 12.6. The third kappa shape index (κ3) is 5.48. The predicted octanol–water partition coefficient (Wildman–Crippen LogP) is 0.527. The third-order valence-electron chi connectivity index (χ3n) is 1.84. The monoisotopic (exact) mass is 268 g/mol. The molecule has 1 N–H and O–H groups in total. The maximum atomic E-state index is 11.7. The molecule has 0 aliphatic heterocycles. The second kappa shape index (κ2) is 7.65. The molecule has 0 fully saturated rings. The molecule has 7 heteroatoms. The molecule has 0 aromatic heterocycles. The van der Waals surface area contributed by atoms with Gasteiger partial charge in [-0.15, -0.1) is 0 Å². The van der Waals surface area contributed by atoms with Crippen molar-refractivity contribution in [1.29, 1.82) is 0 Å². The van der Waals surface area contributed by atoms with E-state index >= 15 is 0 Å². The van der Waals surface area contributed by atoms with E-state index in [4.69, 9.17) is 11.6 Å². The van der Waals surface area contributed by atoms with Crippen molar-refractivity contribution in [3.63, 3.8) is 0 Å². The quantitative estimate of drug-likeness (QED) is 0.732. The highest BCUT2D eigenvalue weighted by Crippen LogP contribution is 2.02. The van der Waals surface area contributed by atoms with Gasteiger partial charge in [-0.2, -0.15) is 4.31 Å². The molecule has 0 bridgehead atoms. The fourth-order valence-corrected chi connectivity index (χ4v) is 2.54. The van der Waals surface area contributed by atoms with E-state index in [9.17, 15) is 13.2 Å². The van der Waals surface area contributed by atoms with Gasteiger partial charge < -0.3 is 5.32 Å². The summed E-state index contributed by atoms with van der Waals surface area (Å²) in [6.07, 6.45) is 1.33. The molecule has 0 spiro atoms. The number of sulfonamides is 1. The minimum atomic E-state index is -3.45. The molecule has 0 aliphatic carbocycles. The normalized spacial score (nSPS) is 12.2. The first-order valence-corrected chi connectivity index (χ1v) is 7.02. The molecular formula is C9H17ClN2O3S. The van der Waals surface area contributed by atoms with Crippen LogP contribution in [-0.4, -0.2) is 44.0 Å². The van der Waals surface area contributed by atoms with Crippen LogP contribution in [-0.2, 0) is 14.8 Å². The Kier molecular flexibility index (Phi) is 7.36. The van der Waals surface area contributed by atoms with E-state index in [0.29, 0.717) is 6.54 Å². The Bertz CT molecular complexity index is 341. The van der Waals surface area contributed by atoms with Gasteiger partial charge in [-0.05, 0) is 6.92 Å². The lowest BCUT2D eigenvalue weighted by Crippen LogP contribution is -2.41. The molecule has 0 saturated heterocycles. The molecular weight excluding hydrogens is 252 g/mol. The first-order valence-electron chi connectivity index (χ1n) is 4.97. The van der Waals surface area contributed by atoms with E-state index in [1.165, 1.54) is 6.08 Å². The SMILES string of the molecule is CCNC(=O)CN(CC)S(=O)(=O)C/C=C/Cl. The Morgan fingerprint density at radius 1 is 1.44 bits per heavy atom. The molecule has 0 aliphatic rings. The van der Waals surface area contributed by atoms with Crippen molar-refractivity contribution in [3.05, 3.63) is 11.6 Å². The number of carbonyl (C=O) groups excluding carboxylic acids is 1. The van der Waals surface area contributed by atoms with Crippen LogP contribution in [0.1, 0.15) is 13.8 Å². The van der Waals surface area contributed by atoms with E-state index in [-0.39, 0.29) is 24.7 Å². The molecule has 0 heterocycles. The number of hydrogen-bond acceptors (Lipinski definition) is 3. The number of carbonyl (C=O) groups is 1. The van der Waals surface area contributed by atoms with E-state index < -0.39 is 10.0 Å². The van der Waals surface area contributed by atoms with Crippen molar-refractivity contribution in [1.82, 2.24) is 9.62 Å². The van der Waals surface area contributed by atoms with Crippen LogP contribution in [0.25, 0.3) is 0 Å². The van der Waals surface area contributed by atoms with Gasteiger partial charge in [0.25, 0.3) is 0 Å². The number of halogens is 1. The van der Waals surface area contributed by atoms with Crippen LogP contribution in [0.2, 0.25) is 0 Å². The van der Waals surface area contributed by atoms with Gasteiger partial charge in [0, 0.05) is 18.6 Å². The van der Waals surface area contributed by atoms with Crippen LogP contribution in [0.15, 0.2) is 11.6 Å². The third-order valence-corrected chi connectivity index (χ3v) is 3.80. The number of nitrogens with zero attached hydrogens (tertiary/aromatic N) is 1. The number of rotatable bonds is 7. The number of amides is 1. The highest BCUT2D eigenvalue weighted by molar-refractivity contribution is 7.89. The lowest BCUT2D eigenvalue weighted by Gasteiger charge is -2.18. The summed E-state index contributed by atoms with van der Waals surface area (Å²) in [6, 6.07) is 0. The summed E-state index contributed by atoms with van der Waals surface area (Å²) >= 11 is 5.27. The Hall–Kier alpha value is -0.590. The lowest BCUT2D eigenvalue weighted by atomic mass is 10.5. The van der Waals surface area contributed by atoms with Gasteiger partial charge in [-0.3, -0.25) is 4.79 Å². The van der Waals surface area contributed by atoms with Gasteiger partial charge in [-0.1, -0.05) is 24.6 Å². The summed E-state index contributed by atoms with van der Waals surface area (Å²) in [5, 5.41) is 2.55. The first-order chi connectivity index (χ1) is 7.47. The maximum Gasteiger partial charge on any atom is 0.235 e. The summed E-state index contributed by atoms with van der Waals surface area (Å²) in [6.45, 7) is 4.05. The Balaban J connectivity index is 4.53. The van der Waals surface area contributed by atoms with E-state index in [0.717, 1.165) is 9.84 Å². The molecule has 16 heavy (non-hydrogen) atoms. The second-order valence-electron chi connectivity index (χ2n) is 3.02. The van der Waals surface area contributed by atoms with Crippen LogP contribution in [0.3, 0.4) is 0 Å². The zero-order valence-electron chi connectivity index (χ0n) is 9.44.